The summed E-state index contributed by atoms with van der Waals surface area (Å²) < 4.78 is 4.90. The van der Waals surface area contributed by atoms with Crippen LogP contribution in [0.25, 0.3) is 0 Å². The molecule has 0 bridgehead atoms. The lowest BCUT2D eigenvalue weighted by molar-refractivity contribution is -0.576. The van der Waals surface area contributed by atoms with Gasteiger partial charge in [-0.1, -0.05) is 0 Å². The zero-order valence-electron chi connectivity index (χ0n) is 10.8. The number of ether oxygens (including phenoxy) is 1. The summed E-state index contributed by atoms with van der Waals surface area (Å²) in [6, 6.07) is 0. The first-order valence-electron chi connectivity index (χ1n) is 6.24. The van der Waals surface area contributed by atoms with Crippen LogP contribution in [0.5, 0.6) is 0 Å². The third-order valence-electron chi connectivity index (χ3n) is 3.54. The van der Waals surface area contributed by atoms with E-state index in [-0.39, 0.29) is 23.7 Å². The Balaban J connectivity index is 3.02. The van der Waals surface area contributed by atoms with E-state index in [0.29, 0.717) is 12.8 Å². The molecule has 1 aliphatic carbocycles. The minimum atomic E-state index is -1.31. The molecule has 6 heteroatoms. The van der Waals surface area contributed by atoms with Crippen LogP contribution in [0, 0.1) is 16.0 Å². The standard InChI is InChI=1S/C12H19NO5/c1-3-18-11(15)10(8-9(2)14)12(13(16)17)6-4-5-7-12/h10H,3-8H2,1-2H3. The van der Waals surface area contributed by atoms with E-state index in [1.807, 2.05) is 0 Å². The highest BCUT2D eigenvalue weighted by molar-refractivity contribution is 5.83. The maximum Gasteiger partial charge on any atom is 0.316 e. The lowest BCUT2D eigenvalue weighted by atomic mass is 9.79. The van der Waals surface area contributed by atoms with Gasteiger partial charge in [-0.15, -0.1) is 0 Å². The molecule has 0 spiro atoms. The summed E-state index contributed by atoms with van der Waals surface area (Å²) in [6.45, 7) is 3.16. The van der Waals surface area contributed by atoms with Crippen molar-refractivity contribution in [1.29, 1.82) is 0 Å². The first-order chi connectivity index (χ1) is 8.44. The van der Waals surface area contributed by atoms with E-state index in [9.17, 15) is 19.7 Å². The fourth-order valence-corrected chi connectivity index (χ4v) is 2.67. The zero-order valence-corrected chi connectivity index (χ0v) is 10.8. The van der Waals surface area contributed by atoms with Crippen LogP contribution in [0.4, 0.5) is 0 Å². The van der Waals surface area contributed by atoms with Gasteiger partial charge in [-0.3, -0.25) is 19.7 Å². The van der Waals surface area contributed by atoms with E-state index in [1.54, 1.807) is 6.92 Å². The second kappa shape index (κ2) is 5.93. The number of hydrogen-bond acceptors (Lipinski definition) is 5. The average Bonchev–Trinajstić information content (AvgIpc) is 2.76. The Morgan fingerprint density at radius 3 is 2.33 bits per heavy atom. The Kier molecular flexibility index (Phi) is 4.81. The third kappa shape index (κ3) is 2.86. The molecule has 0 amide bonds. The second-order valence-corrected chi connectivity index (χ2v) is 4.78. The van der Waals surface area contributed by atoms with Gasteiger partial charge < -0.3 is 4.74 Å². The summed E-state index contributed by atoms with van der Waals surface area (Å²) in [4.78, 5) is 34.1. The van der Waals surface area contributed by atoms with Crippen LogP contribution in [0.1, 0.15) is 46.0 Å². The number of carbonyl (C=O) groups is 2. The molecule has 0 aromatic heterocycles. The van der Waals surface area contributed by atoms with Gasteiger partial charge in [0.1, 0.15) is 11.7 Å². The van der Waals surface area contributed by atoms with Crippen LogP contribution in [0.2, 0.25) is 0 Å². The van der Waals surface area contributed by atoms with Gasteiger partial charge in [0.15, 0.2) is 0 Å². The number of Topliss-reactive ketones (excluding diaryl/α,β-unsaturated/α-hetero) is 1. The molecule has 102 valence electrons. The molecular weight excluding hydrogens is 238 g/mol. The van der Waals surface area contributed by atoms with Crippen LogP contribution < -0.4 is 0 Å². The highest BCUT2D eigenvalue weighted by atomic mass is 16.6. The lowest BCUT2D eigenvalue weighted by Crippen LogP contribution is -2.48. The Bertz CT molecular complexity index is 346. The molecule has 18 heavy (non-hydrogen) atoms. The van der Waals surface area contributed by atoms with Crippen molar-refractivity contribution in [2.75, 3.05) is 6.61 Å². The molecule has 0 aromatic carbocycles. The maximum absolute atomic E-state index is 11.9. The van der Waals surface area contributed by atoms with E-state index in [1.165, 1.54) is 6.92 Å². The van der Waals surface area contributed by atoms with Crippen molar-refractivity contribution >= 4 is 11.8 Å². The number of nitro groups is 1. The predicted molar refractivity (Wildman–Crippen MR) is 63.6 cm³/mol. The van der Waals surface area contributed by atoms with Crippen LogP contribution in [0.15, 0.2) is 0 Å². The quantitative estimate of drug-likeness (QED) is 0.411. The molecule has 1 fully saturated rings. The van der Waals surface area contributed by atoms with Crippen molar-refractivity contribution < 1.29 is 19.2 Å². The van der Waals surface area contributed by atoms with Crippen LogP contribution >= 0.6 is 0 Å². The molecule has 0 aromatic rings. The molecule has 1 aliphatic rings. The summed E-state index contributed by atoms with van der Waals surface area (Å²) in [5.41, 5.74) is -1.31. The van der Waals surface area contributed by atoms with Crippen molar-refractivity contribution in [1.82, 2.24) is 0 Å². The number of ketones is 1. The van der Waals surface area contributed by atoms with E-state index in [0.717, 1.165) is 12.8 Å². The largest absolute Gasteiger partial charge is 0.466 e. The number of esters is 1. The van der Waals surface area contributed by atoms with Crippen molar-refractivity contribution in [3.63, 3.8) is 0 Å². The summed E-state index contributed by atoms with van der Waals surface area (Å²) >= 11 is 0. The highest BCUT2D eigenvalue weighted by Gasteiger charge is 2.56. The first kappa shape index (κ1) is 14.6. The maximum atomic E-state index is 11.9. The number of nitrogens with zero attached hydrogens (tertiary/aromatic N) is 1. The van der Waals surface area contributed by atoms with Gasteiger partial charge in [-0.25, -0.2) is 0 Å². The molecule has 6 nitrogen and oxygen atoms in total. The molecule has 1 atom stereocenters. The Morgan fingerprint density at radius 1 is 1.39 bits per heavy atom. The minimum Gasteiger partial charge on any atom is -0.466 e. The smallest absolute Gasteiger partial charge is 0.316 e. The van der Waals surface area contributed by atoms with Gasteiger partial charge in [-0.2, -0.15) is 0 Å². The zero-order chi connectivity index (χ0) is 13.8. The average molecular weight is 257 g/mol. The van der Waals surface area contributed by atoms with Gasteiger partial charge in [0.05, 0.1) is 6.61 Å². The lowest BCUT2D eigenvalue weighted by Gasteiger charge is -2.27. The predicted octanol–water partition coefficient (Wildman–Crippen LogP) is 1.73. The summed E-state index contributed by atoms with van der Waals surface area (Å²) in [5, 5.41) is 11.3. The number of hydrogen-bond donors (Lipinski definition) is 0. The van der Waals surface area contributed by atoms with Gasteiger partial charge in [0, 0.05) is 24.2 Å². The highest BCUT2D eigenvalue weighted by Crippen LogP contribution is 2.41. The number of carbonyl (C=O) groups excluding carboxylic acids is 2. The summed E-state index contributed by atoms with van der Waals surface area (Å²) in [6.07, 6.45) is 2.01. The Labute approximate surface area is 106 Å². The summed E-state index contributed by atoms with van der Waals surface area (Å²) in [5.74, 6) is -1.79. The molecule has 0 saturated heterocycles. The van der Waals surface area contributed by atoms with Crippen molar-refractivity contribution in [2.45, 2.75) is 51.5 Å². The molecule has 0 N–H and O–H groups in total. The molecule has 1 saturated carbocycles. The topological polar surface area (TPSA) is 86.5 Å². The van der Waals surface area contributed by atoms with Gasteiger partial charge in [0.25, 0.3) is 0 Å². The fourth-order valence-electron chi connectivity index (χ4n) is 2.67. The van der Waals surface area contributed by atoms with Crippen molar-refractivity contribution in [3.8, 4) is 0 Å². The van der Waals surface area contributed by atoms with E-state index in [4.69, 9.17) is 4.74 Å². The second-order valence-electron chi connectivity index (χ2n) is 4.78. The SMILES string of the molecule is CCOC(=O)C(CC(C)=O)C1([N+](=O)[O-])CCCC1. The van der Waals surface area contributed by atoms with Crippen molar-refractivity contribution in [3.05, 3.63) is 10.1 Å². The van der Waals surface area contributed by atoms with E-state index < -0.39 is 17.4 Å². The minimum absolute atomic E-state index is 0.111. The third-order valence-corrected chi connectivity index (χ3v) is 3.54. The van der Waals surface area contributed by atoms with Gasteiger partial charge >= 0.3 is 5.97 Å². The molecule has 0 radical (unpaired) electrons. The Morgan fingerprint density at radius 2 is 1.94 bits per heavy atom. The first-order valence-corrected chi connectivity index (χ1v) is 6.24. The molecule has 0 heterocycles. The van der Waals surface area contributed by atoms with E-state index in [2.05, 4.69) is 0 Å². The molecule has 1 unspecified atom stereocenters. The normalized spacial score (nSPS) is 19.2. The van der Waals surface area contributed by atoms with E-state index >= 15 is 0 Å². The van der Waals surface area contributed by atoms with Gasteiger partial charge in [-0.05, 0) is 26.7 Å². The van der Waals surface area contributed by atoms with Crippen LogP contribution in [-0.4, -0.2) is 28.8 Å². The van der Waals surface area contributed by atoms with Crippen LogP contribution in [0.3, 0.4) is 0 Å². The molecular formula is C12H19NO5. The summed E-state index contributed by atoms with van der Waals surface area (Å²) in [7, 11) is 0. The van der Waals surface area contributed by atoms with Crippen LogP contribution in [-0.2, 0) is 14.3 Å². The molecule has 0 aliphatic heterocycles. The Hall–Kier alpha value is -1.46. The number of rotatable bonds is 6. The van der Waals surface area contributed by atoms with Gasteiger partial charge in [0.2, 0.25) is 5.54 Å². The monoisotopic (exact) mass is 257 g/mol. The fraction of sp³-hybridized carbons (Fsp3) is 0.833. The van der Waals surface area contributed by atoms with Crippen molar-refractivity contribution in [2.24, 2.45) is 5.92 Å². The molecule has 1 rings (SSSR count).